The van der Waals surface area contributed by atoms with Gasteiger partial charge in [0, 0.05) is 13.6 Å². The molecule has 1 aliphatic rings. The SMILES string of the molecule is CNC(=O)C1CCCN1C(=O)C(C)S. The van der Waals surface area contributed by atoms with Crippen LogP contribution in [0.3, 0.4) is 0 Å². The third-order valence-corrected chi connectivity index (χ3v) is 2.66. The van der Waals surface area contributed by atoms with Crippen molar-refractivity contribution in [1.82, 2.24) is 10.2 Å². The fourth-order valence-corrected chi connectivity index (χ4v) is 1.86. The highest BCUT2D eigenvalue weighted by Gasteiger charge is 2.34. The van der Waals surface area contributed by atoms with Crippen LogP contribution in [0.5, 0.6) is 0 Å². The van der Waals surface area contributed by atoms with Crippen LogP contribution in [0.2, 0.25) is 0 Å². The molecule has 4 nitrogen and oxygen atoms in total. The molecule has 0 bridgehead atoms. The van der Waals surface area contributed by atoms with E-state index in [0.29, 0.717) is 6.54 Å². The minimum atomic E-state index is -0.333. The number of rotatable bonds is 2. The van der Waals surface area contributed by atoms with Crippen molar-refractivity contribution in [3.63, 3.8) is 0 Å². The van der Waals surface area contributed by atoms with Gasteiger partial charge in [-0.1, -0.05) is 0 Å². The monoisotopic (exact) mass is 216 g/mol. The molecule has 0 aromatic carbocycles. The Morgan fingerprint density at radius 2 is 2.21 bits per heavy atom. The Hall–Kier alpha value is -0.710. The van der Waals surface area contributed by atoms with Crippen LogP contribution in [-0.4, -0.2) is 41.6 Å². The second-order valence-corrected chi connectivity index (χ2v) is 4.25. The number of carbonyl (C=O) groups excluding carboxylic acids is 2. The van der Waals surface area contributed by atoms with Crippen molar-refractivity contribution in [2.45, 2.75) is 31.1 Å². The van der Waals surface area contributed by atoms with Gasteiger partial charge in [-0.05, 0) is 19.8 Å². The second-order valence-electron chi connectivity index (χ2n) is 3.48. The van der Waals surface area contributed by atoms with Crippen molar-refractivity contribution in [2.24, 2.45) is 0 Å². The van der Waals surface area contributed by atoms with Gasteiger partial charge in [0.05, 0.1) is 5.25 Å². The molecule has 1 fully saturated rings. The van der Waals surface area contributed by atoms with E-state index in [1.807, 2.05) is 0 Å². The lowest BCUT2D eigenvalue weighted by molar-refractivity contribution is -0.137. The number of nitrogens with one attached hydrogen (secondary N) is 1. The molecule has 0 spiro atoms. The number of nitrogens with zero attached hydrogens (tertiary/aromatic N) is 1. The molecular formula is C9H16N2O2S. The summed E-state index contributed by atoms with van der Waals surface area (Å²) < 4.78 is 0. The van der Waals surface area contributed by atoms with Gasteiger partial charge in [-0.2, -0.15) is 12.6 Å². The number of carbonyl (C=O) groups is 2. The van der Waals surface area contributed by atoms with Gasteiger partial charge in [-0.25, -0.2) is 0 Å². The summed E-state index contributed by atoms with van der Waals surface area (Å²) in [4.78, 5) is 24.7. The van der Waals surface area contributed by atoms with E-state index < -0.39 is 0 Å². The van der Waals surface area contributed by atoms with Crippen LogP contribution in [0.1, 0.15) is 19.8 Å². The quantitative estimate of drug-likeness (QED) is 0.640. The molecule has 1 saturated heterocycles. The van der Waals surface area contributed by atoms with Crippen LogP contribution >= 0.6 is 12.6 Å². The number of hydrogen-bond acceptors (Lipinski definition) is 3. The van der Waals surface area contributed by atoms with Crippen LogP contribution in [0, 0.1) is 0 Å². The van der Waals surface area contributed by atoms with Crippen molar-refractivity contribution in [2.75, 3.05) is 13.6 Å². The molecule has 1 heterocycles. The Labute approximate surface area is 89.4 Å². The van der Waals surface area contributed by atoms with Crippen LogP contribution in [0.15, 0.2) is 0 Å². The van der Waals surface area contributed by atoms with Crippen LogP contribution in [-0.2, 0) is 9.59 Å². The largest absolute Gasteiger partial charge is 0.357 e. The van der Waals surface area contributed by atoms with Gasteiger partial charge >= 0.3 is 0 Å². The second kappa shape index (κ2) is 4.68. The summed E-state index contributed by atoms with van der Waals surface area (Å²) in [5, 5.41) is 2.24. The van der Waals surface area contributed by atoms with Crippen molar-refractivity contribution >= 4 is 24.4 Å². The van der Waals surface area contributed by atoms with Crippen LogP contribution < -0.4 is 5.32 Å². The fraction of sp³-hybridized carbons (Fsp3) is 0.778. The molecular weight excluding hydrogens is 200 g/mol. The van der Waals surface area contributed by atoms with E-state index in [1.165, 1.54) is 0 Å². The summed E-state index contributed by atoms with van der Waals surface area (Å²) in [5.41, 5.74) is 0. The van der Waals surface area contributed by atoms with E-state index >= 15 is 0 Å². The third-order valence-electron chi connectivity index (χ3n) is 2.44. The van der Waals surface area contributed by atoms with Gasteiger partial charge in [-0.15, -0.1) is 0 Å². The smallest absolute Gasteiger partial charge is 0.242 e. The van der Waals surface area contributed by atoms with E-state index in [0.717, 1.165) is 12.8 Å². The minimum Gasteiger partial charge on any atom is -0.357 e. The molecule has 2 unspecified atom stereocenters. The Bertz CT molecular complexity index is 243. The molecule has 0 aliphatic carbocycles. The maximum absolute atomic E-state index is 11.6. The predicted octanol–water partition coefficient (Wildman–Crippen LogP) is 0.0417. The van der Waals surface area contributed by atoms with E-state index in [9.17, 15) is 9.59 Å². The lowest BCUT2D eigenvalue weighted by Crippen LogP contribution is -2.47. The van der Waals surface area contributed by atoms with Crippen molar-refractivity contribution in [1.29, 1.82) is 0 Å². The van der Waals surface area contributed by atoms with Crippen LogP contribution in [0.4, 0.5) is 0 Å². The normalized spacial score (nSPS) is 23.4. The Morgan fingerprint density at radius 3 is 2.71 bits per heavy atom. The molecule has 0 aromatic rings. The Morgan fingerprint density at radius 1 is 1.57 bits per heavy atom. The summed E-state index contributed by atoms with van der Waals surface area (Å²) in [5.74, 6) is -0.135. The van der Waals surface area contributed by atoms with Gasteiger partial charge in [0.1, 0.15) is 6.04 Å². The molecule has 2 atom stereocenters. The average molecular weight is 216 g/mol. The zero-order chi connectivity index (χ0) is 10.7. The number of likely N-dealkylation sites (tertiary alicyclic amines) is 1. The Kier molecular flexibility index (Phi) is 3.80. The molecule has 0 saturated carbocycles. The lowest BCUT2D eigenvalue weighted by atomic mass is 10.2. The number of hydrogen-bond donors (Lipinski definition) is 2. The first-order valence-corrected chi connectivity index (χ1v) is 5.29. The highest BCUT2D eigenvalue weighted by molar-refractivity contribution is 7.81. The van der Waals surface area contributed by atoms with Gasteiger partial charge in [-0.3, -0.25) is 9.59 Å². The summed E-state index contributed by atoms with van der Waals surface area (Å²) in [6.45, 7) is 2.40. The van der Waals surface area contributed by atoms with E-state index in [4.69, 9.17) is 0 Å². The molecule has 0 radical (unpaired) electrons. The Balaban J connectivity index is 2.68. The van der Waals surface area contributed by atoms with Crippen LogP contribution in [0.25, 0.3) is 0 Å². The summed E-state index contributed by atoms with van der Waals surface area (Å²) in [6, 6.07) is -0.290. The first kappa shape index (κ1) is 11.4. The zero-order valence-electron chi connectivity index (χ0n) is 8.49. The molecule has 0 aromatic heterocycles. The zero-order valence-corrected chi connectivity index (χ0v) is 9.38. The fourth-order valence-electron chi connectivity index (χ4n) is 1.71. The highest BCUT2D eigenvalue weighted by atomic mass is 32.1. The summed E-state index contributed by atoms with van der Waals surface area (Å²) in [7, 11) is 1.59. The van der Waals surface area contributed by atoms with Crippen molar-refractivity contribution in [3.05, 3.63) is 0 Å². The molecule has 1 N–H and O–H groups in total. The topological polar surface area (TPSA) is 49.4 Å². The molecule has 5 heteroatoms. The first-order valence-electron chi connectivity index (χ1n) is 4.78. The van der Waals surface area contributed by atoms with Gasteiger partial charge in [0.25, 0.3) is 0 Å². The van der Waals surface area contributed by atoms with Gasteiger partial charge in [0.2, 0.25) is 11.8 Å². The highest BCUT2D eigenvalue weighted by Crippen LogP contribution is 2.19. The number of thiol groups is 1. The van der Waals surface area contributed by atoms with Crippen molar-refractivity contribution < 1.29 is 9.59 Å². The van der Waals surface area contributed by atoms with E-state index in [2.05, 4.69) is 17.9 Å². The summed E-state index contributed by atoms with van der Waals surface area (Å²) >= 11 is 4.08. The number of amides is 2. The maximum atomic E-state index is 11.6. The molecule has 1 aliphatic heterocycles. The molecule has 80 valence electrons. The maximum Gasteiger partial charge on any atom is 0.242 e. The minimum absolute atomic E-state index is 0.0561. The lowest BCUT2D eigenvalue weighted by Gasteiger charge is -2.24. The summed E-state index contributed by atoms with van der Waals surface area (Å²) in [6.07, 6.45) is 1.65. The third kappa shape index (κ3) is 2.20. The molecule has 2 amide bonds. The molecule has 1 rings (SSSR count). The standard InChI is InChI=1S/C9H16N2O2S/c1-6(14)9(13)11-5-3-4-7(11)8(12)10-2/h6-7,14H,3-5H2,1-2H3,(H,10,12). The first-order chi connectivity index (χ1) is 6.57. The van der Waals surface area contributed by atoms with Gasteiger partial charge in [0.15, 0.2) is 0 Å². The molecule has 14 heavy (non-hydrogen) atoms. The van der Waals surface area contributed by atoms with E-state index in [1.54, 1.807) is 18.9 Å². The van der Waals surface area contributed by atoms with Crippen molar-refractivity contribution in [3.8, 4) is 0 Å². The predicted molar refractivity (Wildman–Crippen MR) is 57.2 cm³/mol. The average Bonchev–Trinajstić information content (AvgIpc) is 2.63. The van der Waals surface area contributed by atoms with E-state index in [-0.39, 0.29) is 23.1 Å². The van der Waals surface area contributed by atoms with Gasteiger partial charge < -0.3 is 10.2 Å². The number of likely N-dealkylation sites (N-methyl/N-ethyl adjacent to an activating group) is 1.